The van der Waals surface area contributed by atoms with Crippen LogP contribution in [0.1, 0.15) is 31.9 Å². The Morgan fingerprint density at radius 2 is 1.67 bits per heavy atom. The summed E-state index contributed by atoms with van der Waals surface area (Å²) in [6, 6.07) is 10.1. The Bertz CT molecular complexity index is 1600. The fourth-order valence-electron chi connectivity index (χ4n) is 3.93. The van der Waals surface area contributed by atoms with Crippen molar-refractivity contribution in [2.45, 2.75) is 38.7 Å². The maximum absolute atomic E-state index is 15.3. The second-order valence-corrected chi connectivity index (χ2v) is 10.9. The van der Waals surface area contributed by atoms with Crippen molar-refractivity contribution >= 4 is 52.1 Å². The summed E-state index contributed by atoms with van der Waals surface area (Å²) in [4.78, 5) is 40.1. The van der Waals surface area contributed by atoms with Crippen LogP contribution in [0.3, 0.4) is 0 Å². The van der Waals surface area contributed by atoms with E-state index >= 15 is 13.2 Å². The van der Waals surface area contributed by atoms with Crippen LogP contribution in [0.15, 0.2) is 53.7 Å². The van der Waals surface area contributed by atoms with Gasteiger partial charge in [0, 0.05) is 21.5 Å². The van der Waals surface area contributed by atoms with E-state index < -0.39 is 65.7 Å². The topological polar surface area (TPSA) is 150 Å². The first-order valence-electron chi connectivity index (χ1n) is 13.3. The molecule has 45 heavy (non-hydrogen) atoms. The number of rotatable bonds is 10. The highest BCUT2D eigenvalue weighted by atomic mass is 35.5. The molecule has 0 bridgehead atoms. The van der Waals surface area contributed by atoms with Gasteiger partial charge in [0.1, 0.15) is 18.0 Å². The molecule has 0 aromatic heterocycles. The van der Waals surface area contributed by atoms with Crippen molar-refractivity contribution in [3.8, 4) is 0 Å². The molecule has 5 N–H and O–H groups in total. The summed E-state index contributed by atoms with van der Waals surface area (Å²) in [6.07, 6.45) is -3.12. The lowest BCUT2D eigenvalue weighted by atomic mass is 9.99. The molecular formula is C29H30ClF4N5O6. The summed E-state index contributed by atoms with van der Waals surface area (Å²) in [5.74, 6) is -6.50. The number of halogens is 5. The van der Waals surface area contributed by atoms with Crippen LogP contribution in [0.2, 0.25) is 5.02 Å². The average molecular weight is 656 g/mol. The minimum absolute atomic E-state index is 0.0154. The van der Waals surface area contributed by atoms with Gasteiger partial charge in [0.05, 0.1) is 25.2 Å². The number of ether oxygens (including phenoxy) is 1. The van der Waals surface area contributed by atoms with Crippen molar-refractivity contribution in [1.82, 2.24) is 16.0 Å². The average Bonchev–Trinajstić information content (AvgIpc) is 2.93. The Morgan fingerprint density at radius 1 is 0.978 bits per heavy atom. The van der Waals surface area contributed by atoms with E-state index in [4.69, 9.17) is 26.3 Å². The third-order valence-electron chi connectivity index (χ3n) is 5.81. The third kappa shape index (κ3) is 10.1. The lowest BCUT2D eigenvalue weighted by Gasteiger charge is -2.21. The molecule has 0 aliphatic rings. The largest absolute Gasteiger partial charge is 0.465 e. The molecular weight excluding hydrogens is 626 g/mol. The van der Waals surface area contributed by atoms with E-state index in [0.29, 0.717) is 0 Å². The van der Waals surface area contributed by atoms with Crippen LogP contribution in [0.5, 0.6) is 0 Å². The number of amides is 3. The smallest absolute Gasteiger partial charge is 0.414 e. The number of nitrogens with one attached hydrogen (secondary N) is 4. The van der Waals surface area contributed by atoms with Crippen molar-refractivity contribution in [2.24, 2.45) is 5.16 Å². The summed E-state index contributed by atoms with van der Waals surface area (Å²) < 4.78 is 64.7. The molecule has 0 saturated carbocycles. The number of oxime groups is 1. The number of benzene rings is 3. The van der Waals surface area contributed by atoms with Gasteiger partial charge in [0.25, 0.3) is 11.9 Å². The fraction of sp³-hybridized carbons (Fsp3) is 0.310. The number of anilines is 1. The van der Waals surface area contributed by atoms with Crippen LogP contribution < -0.4 is 21.3 Å². The lowest BCUT2D eigenvalue weighted by molar-refractivity contribution is -0.120. The van der Waals surface area contributed by atoms with Gasteiger partial charge in [-0.05, 0) is 55.6 Å². The highest BCUT2D eigenvalue weighted by molar-refractivity contribution is 6.31. The van der Waals surface area contributed by atoms with Crippen LogP contribution in [-0.2, 0) is 26.7 Å². The number of guanidine groups is 1. The van der Waals surface area contributed by atoms with E-state index in [0.717, 1.165) is 18.2 Å². The van der Waals surface area contributed by atoms with E-state index in [1.807, 2.05) is 0 Å². The van der Waals surface area contributed by atoms with Gasteiger partial charge in [-0.15, -0.1) is 0 Å². The van der Waals surface area contributed by atoms with Gasteiger partial charge in [0.15, 0.2) is 5.82 Å². The van der Waals surface area contributed by atoms with Crippen molar-refractivity contribution in [3.05, 3.63) is 76.3 Å². The van der Waals surface area contributed by atoms with E-state index in [-0.39, 0.29) is 40.2 Å². The standard InChI is InChI=1S/C29H30ClF4N5O6/c1-28(2,3)45-27(43)38-25(37-26(41)42)39-44-13-12-35-23(40)14-18-20(30)9-11-22(24(18)32)36-15-29(33,34)19-8-10-21(31)17-7-5-4-6-16(17)19/h4-11,36H,12-15H2,1-3H3,(H,35,40)(H,41,42)(H2,37,38,39,43). The summed E-state index contributed by atoms with van der Waals surface area (Å²) >= 11 is 6.08. The first-order chi connectivity index (χ1) is 21.1. The number of hydrogen-bond acceptors (Lipinski definition) is 7. The van der Waals surface area contributed by atoms with Gasteiger partial charge in [-0.25, -0.2) is 18.4 Å². The number of nitrogens with zero attached hydrogens (tertiary/aromatic N) is 1. The van der Waals surface area contributed by atoms with Crippen LogP contribution in [0.25, 0.3) is 10.8 Å². The van der Waals surface area contributed by atoms with Crippen LogP contribution in [-0.4, -0.2) is 54.5 Å². The summed E-state index contributed by atoms with van der Waals surface area (Å²) in [5, 5.41) is 20.9. The van der Waals surface area contributed by atoms with Crippen molar-refractivity contribution < 1.29 is 46.6 Å². The first-order valence-corrected chi connectivity index (χ1v) is 13.7. The predicted octanol–water partition coefficient (Wildman–Crippen LogP) is 5.71. The van der Waals surface area contributed by atoms with Gasteiger partial charge in [-0.2, -0.15) is 8.78 Å². The van der Waals surface area contributed by atoms with E-state index in [1.165, 1.54) is 30.3 Å². The zero-order chi connectivity index (χ0) is 33.4. The number of fused-ring (bicyclic) bond motifs is 1. The Balaban J connectivity index is 1.58. The van der Waals surface area contributed by atoms with Gasteiger partial charge < -0.3 is 25.3 Å². The second kappa shape index (κ2) is 14.8. The number of alkyl halides is 2. The molecule has 242 valence electrons. The van der Waals surface area contributed by atoms with Crippen molar-refractivity contribution in [1.29, 1.82) is 0 Å². The first kappa shape index (κ1) is 34.7. The number of carbonyl (C=O) groups excluding carboxylic acids is 2. The molecule has 0 fully saturated rings. The van der Waals surface area contributed by atoms with E-state index in [2.05, 4.69) is 21.1 Å². The minimum Gasteiger partial charge on any atom is -0.465 e. The molecule has 0 atom stereocenters. The molecule has 16 heteroatoms. The highest BCUT2D eigenvalue weighted by Crippen LogP contribution is 2.35. The number of carbonyl (C=O) groups is 3. The van der Waals surface area contributed by atoms with Gasteiger partial charge in [-0.3, -0.25) is 15.4 Å². The minimum atomic E-state index is -3.53. The molecule has 0 radical (unpaired) electrons. The van der Waals surface area contributed by atoms with E-state index in [1.54, 1.807) is 26.1 Å². The Hall–Kier alpha value is -4.79. The third-order valence-corrected chi connectivity index (χ3v) is 6.16. The SMILES string of the molecule is CC(C)(C)OC(=O)NC(=NOCCNC(=O)Cc1c(Cl)ccc(NCC(F)(F)c2ccc(F)c3ccccc23)c1F)NC(=O)O. The number of alkyl carbamates (subject to hydrolysis) is 1. The normalized spacial score (nSPS) is 12.0. The van der Waals surface area contributed by atoms with Gasteiger partial charge in [0.2, 0.25) is 5.91 Å². The Morgan fingerprint density at radius 3 is 2.33 bits per heavy atom. The molecule has 3 amide bonds. The predicted molar refractivity (Wildman–Crippen MR) is 158 cm³/mol. The van der Waals surface area contributed by atoms with Crippen molar-refractivity contribution in [3.63, 3.8) is 0 Å². The Labute approximate surface area is 259 Å². The second-order valence-electron chi connectivity index (χ2n) is 10.4. The summed E-state index contributed by atoms with van der Waals surface area (Å²) in [6.45, 7) is 3.27. The molecule has 11 nitrogen and oxygen atoms in total. The maximum atomic E-state index is 15.3. The summed E-state index contributed by atoms with van der Waals surface area (Å²) in [7, 11) is 0. The molecule has 0 spiro atoms. The monoisotopic (exact) mass is 655 g/mol. The molecule has 3 rings (SSSR count). The molecule has 0 heterocycles. The zero-order valence-corrected chi connectivity index (χ0v) is 25.0. The van der Waals surface area contributed by atoms with Crippen LogP contribution >= 0.6 is 11.6 Å². The molecule has 0 unspecified atom stereocenters. The quantitative estimate of drug-likeness (QED) is 0.0617. The number of hydrogen-bond donors (Lipinski definition) is 5. The molecule has 0 saturated heterocycles. The lowest BCUT2D eigenvalue weighted by Crippen LogP contribution is -2.45. The Kier molecular flexibility index (Phi) is 11.4. The van der Waals surface area contributed by atoms with Gasteiger partial charge in [-0.1, -0.05) is 35.9 Å². The maximum Gasteiger partial charge on any atom is 0.414 e. The summed E-state index contributed by atoms with van der Waals surface area (Å²) in [5.41, 5.74) is -1.91. The molecule has 0 aliphatic heterocycles. The van der Waals surface area contributed by atoms with Crippen LogP contribution in [0, 0.1) is 11.6 Å². The fourth-order valence-corrected chi connectivity index (χ4v) is 4.14. The molecule has 0 aliphatic carbocycles. The van der Waals surface area contributed by atoms with Crippen LogP contribution in [0.4, 0.5) is 32.8 Å². The molecule has 3 aromatic carbocycles. The molecule has 3 aromatic rings. The van der Waals surface area contributed by atoms with Crippen molar-refractivity contribution in [2.75, 3.05) is 25.0 Å². The van der Waals surface area contributed by atoms with E-state index in [9.17, 15) is 18.8 Å². The van der Waals surface area contributed by atoms with Gasteiger partial charge >= 0.3 is 12.2 Å². The number of carboxylic acid groups (broad SMARTS) is 1. The zero-order valence-electron chi connectivity index (χ0n) is 24.3. The highest BCUT2D eigenvalue weighted by Gasteiger charge is 2.34.